The van der Waals surface area contributed by atoms with Crippen LogP contribution >= 0.6 is 11.8 Å². The number of fused-ring (bicyclic) bond motifs is 1. The van der Waals surface area contributed by atoms with Gasteiger partial charge in [0.25, 0.3) is 0 Å². The van der Waals surface area contributed by atoms with Crippen LogP contribution < -0.4 is 10.6 Å². The second-order valence-corrected chi connectivity index (χ2v) is 6.88. The highest BCUT2D eigenvalue weighted by molar-refractivity contribution is 8.14. The SMILES string of the molecule is CCOC(=O)CC1=CC(SCC(=O)NCc2ccco2)=Nc2ccccc2N1. The summed E-state index contributed by atoms with van der Waals surface area (Å²) in [4.78, 5) is 28.6. The number of para-hydroxylation sites is 2. The number of hydrogen-bond acceptors (Lipinski definition) is 7. The predicted octanol–water partition coefficient (Wildman–Crippen LogP) is 3.62. The summed E-state index contributed by atoms with van der Waals surface area (Å²) in [5, 5.41) is 6.67. The fourth-order valence-corrected chi connectivity index (χ4v) is 3.28. The molecule has 1 aromatic carbocycles. The number of thioether (sulfide) groups is 1. The van der Waals surface area contributed by atoms with Crippen molar-refractivity contribution in [2.45, 2.75) is 19.9 Å². The molecule has 0 aliphatic carbocycles. The van der Waals surface area contributed by atoms with Crippen LogP contribution in [0.3, 0.4) is 0 Å². The molecule has 2 heterocycles. The van der Waals surface area contributed by atoms with Crippen molar-refractivity contribution in [2.75, 3.05) is 17.7 Å². The number of anilines is 1. The Morgan fingerprint density at radius 1 is 1.25 bits per heavy atom. The average molecular weight is 399 g/mol. The molecule has 28 heavy (non-hydrogen) atoms. The summed E-state index contributed by atoms with van der Waals surface area (Å²) in [5.74, 6) is 0.446. The van der Waals surface area contributed by atoms with Crippen molar-refractivity contribution in [3.05, 3.63) is 60.2 Å². The Kier molecular flexibility index (Phi) is 6.91. The van der Waals surface area contributed by atoms with Crippen LogP contribution in [-0.2, 0) is 20.9 Å². The molecule has 3 rings (SSSR count). The zero-order valence-electron chi connectivity index (χ0n) is 15.4. The first-order valence-corrected chi connectivity index (χ1v) is 9.85. The molecule has 0 saturated carbocycles. The maximum Gasteiger partial charge on any atom is 0.311 e. The van der Waals surface area contributed by atoms with Crippen molar-refractivity contribution in [1.82, 2.24) is 5.32 Å². The van der Waals surface area contributed by atoms with Gasteiger partial charge >= 0.3 is 5.97 Å². The third-order valence-electron chi connectivity index (χ3n) is 3.76. The van der Waals surface area contributed by atoms with Gasteiger partial charge in [-0.2, -0.15) is 0 Å². The van der Waals surface area contributed by atoms with Crippen molar-refractivity contribution in [2.24, 2.45) is 4.99 Å². The topological polar surface area (TPSA) is 92.9 Å². The third-order valence-corrected chi connectivity index (χ3v) is 4.67. The smallest absolute Gasteiger partial charge is 0.311 e. The number of esters is 1. The van der Waals surface area contributed by atoms with Gasteiger partial charge in [-0.05, 0) is 37.3 Å². The zero-order chi connectivity index (χ0) is 19.8. The number of nitrogens with zero attached hydrogens (tertiary/aromatic N) is 1. The maximum absolute atomic E-state index is 12.1. The van der Waals surface area contributed by atoms with Crippen LogP contribution in [0.1, 0.15) is 19.1 Å². The molecule has 1 aromatic heterocycles. The van der Waals surface area contributed by atoms with Crippen LogP contribution in [-0.4, -0.2) is 29.3 Å². The highest BCUT2D eigenvalue weighted by Crippen LogP contribution is 2.30. The van der Waals surface area contributed by atoms with Gasteiger partial charge in [-0.3, -0.25) is 9.59 Å². The minimum atomic E-state index is -0.318. The van der Waals surface area contributed by atoms with Gasteiger partial charge in [0.15, 0.2) is 0 Å². The van der Waals surface area contributed by atoms with Crippen LogP contribution in [0.2, 0.25) is 0 Å². The lowest BCUT2D eigenvalue weighted by atomic mass is 10.2. The van der Waals surface area contributed by atoms with E-state index in [4.69, 9.17) is 9.15 Å². The van der Waals surface area contributed by atoms with Gasteiger partial charge in [0.1, 0.15) is 5.76 Å². The lowest BCUT2D eigenvalue weighted by Crippen LogP contribution is -2.24. The van der Waals surface area contributed by atoms with Gasteiger partial charge in [0.05, 0.1) is 48.0 Å². The Hall–Kier alpha value is -3.00. The van der Waals surface area contributed by atoms with Crippen LogP contribution in [0.15, 0.2) is 63.8 Å². The van der Waals surface area contributed by atoms with E-state index in [1.54, 1.807) is 31.4 Å². The zero-order valence-corrected chi connectivity index (χ0v) is 16.3. The van der Waals surface area contributed by atoms with E-state index in [2.05, 4.69) is 15.6 Å². The van der Waals surface area contributed by atoms with E-state index in [1.165, 1.54) is 11.8 Å². The largest absolute Gasteiger partial charge is 0.467 e. The molecule has 8 heteroatoms. The van der Waals surface area contributed by atoms with E-state index in [9.17, 15) is 9.59 Å². The van der Waals surface area contributed by atoms with Crippen molar-refractivity contribution in [3.63, 3.8) is 0 Å². The number of nitrogens with one attached hydrogen (secondary N) is 2. The lowest BCUT2D eigenvalue weighted by molar-refractivity contribution is -0.142. The molecule has 2 aromatic rings. The molecule has 0 saturated heterocycles. The molecule has 1 aliphatic heterocycles. The number of carbonyl (C=O) groups is 2. The molecular formula is C20H21N3O4S. The van der Waals surface area contributed by atoms with E-state index >= 15 is 0 Å². The van der Waals surface area contributed by atoms with Crippen LogP contribution in [0, 0.1) is 0 Å². The highest BCUT2D eigenvalue weighted by Gasteiger charge is 2.15. The van der Waals surface area contributed by atoms with Crippen LogP contribution in [0.5, 0.6) is 0 Å². The van der Waals surface area contributed by atoms with E-state index in [0.717, 1.165) is 11.4 Å². The molecule has 0 atom stereocenters. The summed E-state index contributed by atoms with van der Waals surface area (Å²) in [6.45, 7) is 2.44. The number of furan rings is 1. The van der Waals surface area contributed by atoms with Crippen LogP contribution in [0.4, 0.5) is 11.4 Å². The second kappa shape index (κ2) is 9.80. The summed E-state index contributed by atoms with van der Waals surface area (Å²) in [6, 6.07) is 11.1. The number of carbonyl (C=O) groups excluding carboxylic acids is 2. The van der Waals surface area contributed by atoms with Gasteiger partial charge in [-0.1, -0.05) is 23.9 Å². The first-order valence-electron chi connectivity index (χ1n) is 8.87. The summed E-state index contributed by atoms with van der Waals surface area (Å²) >= 11 is 1.30. The van der Waals surface area contributed by atoms with Crippen molar-refractivity contribution in [3.8, 4) is 0 Å². The summed E-state index contributed by atoms with van der Waals surface area (Å²) in [7, 11) is 0. The van der Waals surface area contributed by atoms with Crippen molar-refractivity contribution in [1.29, 1.82) is 0 Å². The van der Waals surface area contributed by atoms with Crippen LogP contribution in [0.25, 0.3) is 0 Å². The molecule has 7 nitrogen and oxygen atoms in total. The molecule has 146 valence electrons. The number of amides is 1. The molecule has 0 fully saturated rings. The highest BCUT2D eigenvalue weighted by atomic mass is 32.2. The Balaban J connectivity index is 1.66. The number of benzene rings is 1. The van der Waals surface area contributed by atoms with E-state index < -0.39 is 0 Å². The molecule has 0 unspecified atom stereocenters. The summed E-state index contributed by atoms with van der Waals surface area (Å²) in [6.07, 6.45) is 3.45. The van der Waals surface area contributed by atoms with Gasteiger partial charge in [0, 0.05) is 5.70 Å². The van der Waals surface area contributed by atoms with E-state index in [1.807, 2.05) is 24.3 Å². The molecule has 1 aliphatic rings. The Bertz CT molecular complexity index is 891. The van der Waals surface area contributed by atoms with Crippen molar-refractivity contribution < 1.29 is 18.7 Å². The Labute approximate surface area is 167 Å². The van der Waals surface area contributed by atoms with E-state index in [-0.39, 0.29) is 24.1 Å². The Morgan fingerprint density at radius 2 is 2.11 bits per heavy atom. The Morgan fingerprint density at radius 3 is 2.89 bits per heavy atom. The number of aliphatic imine (C=N–C) groups is 1. The minimum absolute atomic E-state index is 0.104. The molecule has 0 bridgehead atoms. The fraction of sp³-hybridized carbons (Fsp3) is 0.250. The number of hydrogen-bond donors (Lipinski definition) is 2. The summed E-state index contributed by atoms with van der Waals surface area (Å²) in [5.41, 5.74) is 2.22. The molecule has 2 N–H and O–H groups in total. The molecule has 0 radical (unpaired) electrons. The monoisotopic (exact) mass is 399 g/mol. The summed E-state index contributed by atoms with van der Waals surface area (Å²) < 4.78 is 10.2. The quantitative estimate of drug-likeness (QED) is 0.691. The predicted molar refractivity (Wildman–Crippen MR) is 110 cm³/mol. The van der Waals surface area contributed by atoms with Gasteiger partial charge in [-0.25, -0.2) is 4.99 Å². The van der Waals surface area contributed by atoms with Gasteiger partial charge in [0.2, 0.25) is 5.91 Å². The number of ether oxygens (including phenoxy) is 1. The minimum Gasteiger partial charge on any atom is -0.467 e. The normalized spacial score (nSPS) is 12.8. The first kappa shape index (κ1) is 19.8. The average Bonchev–Trinajstić information content (AvgIpc) is 3.13. The molecule has 0 spiro atoms. The van der Waals surface area contributed by atoms with Crippen molar-refractivity contribution >= 4 is 40.1 Å². The van der Waals surface area contributed by atoms with Gasteiger partial charge in [-0.15, -0.1) is 0 Å². The second-order valence-electron chi connectivity index (χ2n) is 5.89. The first-order chi connectivity index (χ1) is 13.6. The third kappa shape index (κ3) is 5.75. The standard InChI is InChI=1S/C20H21N3O4S/c1-2-26-20(25)11-14-10-19(23-17-8-4-3-7-16(17)22-14)28-13-18(24)21-12-15-6-5-9-27-15/h3-10,22H,2,11-13H2,1H3,(H,21,24). The van der Waals surface area contributed by atoms with Gasteiger partial charge < -0.3 is 19.8 Å². The lowest BCUT2D eigenvalue weighted by Gasteiger charge is -2.10. The maximum atomic E-state index is 12.1. The molecule has 1 amide bonds. The van der Waals surface area contributed by atoms with E-state index in [0.29, 0.717) is 29.7 Å². The molecular weight excluding hydrogens is 378 g/mol. The fourth-order valence-electron chi connectivity index (χ4n) is 2.51. The number of rotatable bonds is 7.